The van der Waals surface area contributed by atoms with Crippen LogP contribution in [-0.2, 0) is 0 Å². The van der Waals surface area contributed by atoms with Gasteiger partial charge in [0, 0.05) is 6.08 Å². The molecule has 62 valence electrons. The zero-order chi connectivity index (χ0) is 8.70. The molecule has 1 nitrogen and oxygen atoms in total. The first-order valence-electron chi connectivity index (χ1n) is 2.54. The molecule has 0 amide bonds. The molecule has 1 rings (SSSR count). The molecule has 6 heteroatoms. The lowest BCUT2D eigenvalue weighted by Gasteiger charge is -2.02. The van der Waals surface area contributed by atoms with Crippen molar-refractivity contribution in [2.75, 3.05) is 0 Å². The maximum absolute atomic E-state index is 12.0. The minimum atomic E-state index is -4.78. The summed E-state index contributed by atoms with van der Waals surface area (Å²) in [6.07, 6.45) is -5.03. The lowest BCUT2D eigenvalue weighted by molar-refractivity contribution is -0.0928. The summed E-state index contributed by atoms with van der Waals surface area (Å²) in [5.41, 5.74) is -1.54. The van der Waals surface area contributed by atoms with Gasteiger partial charge in [-0.3, -0.25) is 0 Å². The molecule has 0 unspecified atom stereocenters. The van der Waals surface area contributed by atoms with Crippen molar-refractivity contribution in [2.45, 2.75) is 12.1 Å². The smallest absolute Gasteiger partial charge is 0.250 e. The molecule has 0 aromatic heterocycles. The van der Waals surface area contributed by atoms with Gasteiger partial charge in [-0.05, 0) is 0 Å². The van der Waals surface area contributed by atoms with Gasteiger partial charge in [0.05, 0.1) is 6.21 Å². The molecule has 0 aliphatic carbocycles. The van der Waals surface area contributed by atoms with Gasteiger partial charge in [0.25, 0.3) is 0 Å². The molecule has 0 fully saturated rings. The molecule has 1 aliphatic rings. The van der Waals surface area contributed by atoms with Crippen LogP contribution in [0.15, 0.2) is 16.8 Å². The highest BCUT2D eigenvalue weighted by Crippen LogP contribution is 2.33. The third-order valence-corrected chi connectivity index (χ3v) is 0.995. The first kappa shape index (κ1) is 8.16. The Morgan fingerprint density at radius 2 is 1.82 bits per heavy atom. The van der Waals surface area contributed by atoms with Gasteiger partial charge >= 0.3 is 12.1 Å². The van der Waals surface area contributed by atoms with E-state index in [0.29, 0.717) is 0 Å². The molecule has 0 aromatic rings. The fourth-order valence-electron chi connectivity index (χ4n) is 0.567. The molecule has 0 bridgehead atoms. The lowest BCUT2D eigenvalue weighted by Crippen LogP contribution is -2.12. The van der Waals surface area contributed by atoms with Crippen LogP contribution in [0.3, 0.4) is 0 Å². The van der Waals surface area contributed by atoms with Gasteiger partial charge in [0.15, 0.2) is 0 Å². The van der Waals surface area contributed by atoms with Crippen LogP contribution in [0.2, 0.25) is 0 Å². The van der Waals surface area contributed by atoms with Crippen molar-refractivity contribution in [3.05, 3.63) is 11.8 Å². The Morgan fingerprint density at radius 3 is 2.00 bits per heavy atom. The monoisotopic (exact) mass is 171 g/mol. The molecule has 0 radical (unpaired) electrons. The molecular formula is C5H2F5N. The Kier molecular flexibility index (Phi) is 1.50. The van der Waals surface area contributed by atoms with Crippen LogP contribution in [0.5, 0.6) is 0 Å². The Morgan fingerprint density at radius 1 is 1.27 bits per heavy atom. The summed E-state index contributed by atoms with van der Waals surface area (Å²) in [6, 6.07) is 0. The number of aliphatic imine (C=N–C) groups is 1. The third kappa shape index (κ3) is 1.75. The molecule has 0 saturated carbocycles. The van der Waals surface area contributed by atoms with E-state index in [9.17, 15) is 22.0 Å². The molecule has 0 N–H and O–H groups in total. The fraction of sp³-hybridized carbons (Fsp3) is 0.400. The van der Waals surface area contributed by atoms with E-state index >= 15 is 0 Å². The first-order chi connectivity index (χ1) is 4.81. The molecule has 0 atom stereocenters. The van der Waals surface area contributed by atoms with Gasteiger partial charge in [-0.25, -0.2) is 4.99 Å². The maximum Gasteiger partial charge on any atom is 0.433 e. The summed E-state index contributed by atoms with van der Waals surface area (Å²) >= 11 is 0. The van der Waals surface area contributed by atoms with E-state index in [4.69, 9.17) is 0 Å². The number of halogens is 5. The Hall–Kier alpha value is -0.940. The van der Waals surface area contributed by atoms with E-state index in [0.717, 1.165) is 0 Å². The van der Waals surface area contributed by atoms with Crippen LogP contribution in [0.4, 0.5) is 22.0 Å². The van der Waals surface area contributed by atoms with Crippen LogP contribution < -0.4 is 0 Å². The van der Waals surface area contributed by atoms with E-state index < -0.39 is 17.8 Å². The maximum atomic E-state index is 12.0. The molecule has 11 heavy (non-hydrogen) atoms. The summed E-state index contributed by atoms with van der Waals surface area (Å²) in [4.78, 5) is 2.52. The summed E-state index contributed by atoms with van der Waals surface area (Å²) in [7, 11) is 0. The highest BCUT2D eigenvalue weighted by Gasteiger charge is 2.41. The number of hydrogen-bond donors (Lipinski definition) is 0. The number of allylic oxidation sites excluding steroid dienone is 2. The minimum absolute atomic E-state index is 0.0319. The number of hydrogen-bond acceptors (Lipinski definition) is 1. The van der Waals surface area contributed by atoms with Crippen molar-refractivity contribution >= 4 is 6.21 Å². The first-order valence-corrected chi connectivity index (χ1v) is 2.54. The second-order valence-electron chi connectivity index (χ2n) is 1.96. The highest BCUT2D eigenvalue weighted by molar-refractivity contribution is 5.74. The molecule has 0 spiro atoms. The van der Waals surface area contributed by atoms with Gasteiger partial charge in [0.2, 0.25) is 0 Å². The van der Waals surface area contributed by atoms with E-state index in [1.165, 1.54) is 0 Å². The van der Waals surface area contributed by atoms with Gasteiger partial charge in [-0.2, -0.15) is 22.0 Å². The van der Waals surface area contributed by atoms with Gasteiger partial charge in [-0.1, -0.05) is 0 Å². The second-order valence-corrected chi connectivity index (χ2v) is 1.96. The molecule has 0 saturated heterocycles. The van der Waals surface area contributed by atoms with E-state index in [1.54, 1.807) is 0 Å². The van der Waals surface area contributed by atoms with Gasteiger partial charge in [0.1, 0.15) is 5.70 Å². The average molecular weight is 171 g/mol. The summed E-state index contributed by atoms with van der Waals surface area (Å²) in [6.45, 7) is 0. The molecular weight excluding hydrogens is 169 g/mol. The molecule has 1 heterocycles. The Bertz CT molecular complexity index is 224. The zero-order valence-corrected chi connectivity index (χ0v) is 4.99. The Labute approximate surface area is 58.2 Å². The Balaban J connectivity index is 2.89. The minimum Gasteiger partial charge on any atom is -0.250 e. The van der Waals surface area contributed by atoms with Crippen LogP contribution in [-0.4, -0.2) is 18.3 Å². The van der Waals surface area contributed by atoms with Crippen molar-refractivity contribution < 1.29 is 22.0 Å². The van der Waals surface area contributed by atoms with Crippen molar-refractivity contribution in [2.24, 2.45) is 4.99 Å². The summed E-state index contributed by atoms with van der Waals surface area (Å²) in [5, 5.41) is 0. The topological polar surface area (TPSA) is 12.4 Å². The normalized spacial score (nSPS) is 22.1. The van der Waals surface area contributed by atoms with Crippen molar-refractivity contribution in [3.8, 4) is 0 Å². The van der Waals surface area contributed by atoms with E-state index in [1.807, 2.05) is 0 Å². The average Bonchev–Trinajstić information content (AvgIpc) is 2.07. The van der Waals surface area contributed by atoms with Crippen molar-refractivity contribution in [1.29, 1.82) is 0 Å². The largest absolute Gasteiger partial charge is 0.433 e. The van der Waals surface area contributed by atoms with E-state index in [2.05, 4.69) is 4.99 Å². The number of rotatable bonds is 0. The predicted molar refractivity (Wildman–Crippen MR) is 27.6 cm³/mol. The number of alkyl halides is 5. The molecule has 1 aliphatic heterocycles. The quantitative estimate of drug-likeness (QED) is 0.495. The van der Waals surface area contributed by atoms with Crippen LogP contribution in [0, 0.1) is 0 Å². The summed E-state index contributed by atoms with van der Waals surface area (Å²) in [5.74, 6) is -3.55. The fourth-order valence-corrected chi connectivity index (χ4v) is 0.567. The van der Waals surface area contributed by atoms with Crippen molar-refractivity contribution in [1.82, 2.24) is 0 Å². The third-order valence-electron chi connectivity index (χ3n) is 0.995. The molecule has 0 aromatic carbocycles. The second kappa shape index (κ2) is 2.02. The predicted octanol–water partition coefficient (Wildman–Crippen LogP) is 2.15. The zero-order valence-electron chi connectivity index (χ0n) is 4.99. The van der Waals surface area contributed by atoms with Crippen LogP contribution >= 0.6 is 0 Å². The lowest BCUT2D eigenvalue weighted by atomic mass is 10.3. The van der Waals surface area contributed by atoms with Crippen molar-refractivity contribution in [3.63, 3.8) is 0 Å². The van der Waals surface area contributed by atoms with Gasteiger partial charge < -0.3 is 0 Å². The number of nitrogens with zero attached hydrogens (tertiary/aromatic N) is 1. The van der Waals surface area contributed by atoms with Crippen LogP contribution in [0.25, 0.3) is 0 Å². The van der Waals surface area contributed by atoms with Gasteiger partial charge in [-0.15, -0.1) is 0 Å². The highest BCUT2D eigenvalue weighted by atomic mass is 19.4. The summed E-state index contributed by atoms with van der Waals surface area (Å²) < 4.78 is 58.8. The standard InChI is InChI=1S/C5H2F5N/c6-4(7)1-3(11-2-4)5(8,9)10/h1-2H. The SMILES string of the molecule is FC1(F)C=NC(C(F)(F)F)=C1. The van der Waals surface area contributed by atoms with Crippen LogP contribution in [0.1, 0.15) is 0 Å². The van der Waals surface area contributed by atoms with E-state index in [-0.39, 0.29) is 12.3 Å².